The molecule has 1 saturated carbocycles. The zero-order valence-electron chi connectivity index (χ0n) is 17.6. The standard InChI is InChI=1S/C23H33NO5/c1-4-5-10-16(2)20(26)14-13-19-18(21(27)15-22(19)28)11-8-6-7-9-12-23(29)24-17(3)25/h6,8,13-14,16,18-20,22,26,28H,7,9-12,15H2,1-3H3,(H,24,25,29)/b8-6-,14-13+/t16?,18-,19-,20-,22-/m1/s1. The summed E-state index contributed by atoms with van der Waals surface area (Å²) in [6.07, 6.45) is 8.64. The number of hydrogen-bond donors (Lipinski definition) is 3. The molecular formula is C23H33NO5. The van der Waals surface area contributed by atoms with Crippen molar-refractivity contribution in [2.75, 3.05) is 0 Å². The van der Waals surface area contributed by atoms with E-state index in [-0.39, 0.29) is 48.2 Å². The first-order valence-corrected chi connectivity index (χ1v) is 10.2. The van der Waals surface area contributed by atoms with Crippen LogP contribution in [-0.2, 0) is 14.4 Å². The fourth-order valence-electron chi connectivity index (χ4n) is 3.34. The van der Waals surface area contributed by atoms with Gasteiger partial charge >= 0.3 is 0 Å². The van der Waals surface area contributed by atoms with Crippen LogP contribution in [0.25, 0.3) is 0 Å². The first-order valence-electron chi connectivity index (χ1n) is 10.2. The number of Topliss-reactive ketones (excluding diaryl/α,β-unsaturated/α-hetero) is 1. The van der Waals surface area contributed by atoms with E-state index >= 15 is 0 Å². The molecule has 2 amide bonds. The molecule has 0 heterocycles. The Morgan fingerprint density at radius 3 is 2.72 bits per heavy atom. The first kappa shape index (κ1) is 24.8. The van der Waals surface area contributed by atoms with Crippen LogP contribution >= 0.6 is 0 Å². The van der Waals surface area contributed by atoms with Crippen molar-refractivity contribution >= 4 is 17.6 Å². The van der Waals surface area contributed by atoms with Crippen LogP contribution in [0, 0.1) is 29.6 Å². The number of carbonyl (C=O) groups is 3. The predicted octanol–water partition coefficient (Wildman–Crippen LogP) is 2.30. The Kier molecular flexibility index (Phi) is 11.2. The lowest BCUT2D eigenvalue weighted by atomic mass is 9.89. The highest BCUT2D eigenvalue weighted by Gasteiger charge is 2.39. The van der Waals surface area contributed by atoms with Crippen LogP contribution in [0.3, 0.4) is 0 Å². The molecule has 5 atom stereocenters. The Bertz CT molecular complexity index is 685. The molecule has 1 aliphatic carbocycles. The van der Waals surface area contributed by atoms with Gasteiger partial charge in [0.2, 0.25) is 11.8 Å². The zero-order valence-corrected chi connectivity index (χ0v) is 17.6. The number of rotatable bonds is 10. The first-order chi connectivity index (χ1) is 13.8. The molecular weight excluding hydrogens is 370 g/mol. The van der Waals surface area contributed by atoms with Crippen LogP contribution in [0.2, 0.25) is 0 Å². The summed E-state index contributed by atoms with van der Waals surface area (Å²) in [6.45, 7) is 4.97. The molecule has 0 saturated heterocycles. The van der Waals surface area contributed by atoms with Gasteiger partial charge in [0.1, 0.15) is 5.78 Å². The van der Waals surface area contributed by atoms with Crippen LogP contribution in [0.4, 0.5) is 0 Å². The highest BCUT2D eigenvalue weighted by molar-refractivity contribution is 5.93. The molecule has 160 valence electrons. The van der Waals surface area contributed by atoms with Crippen molar-refractivity contribution < 1.29 is 24.6 Å². The summed E-state index contributed by atoms with van der Waals surface area (Å²) >= 11 is 0. The zero-order chi connectivity index (χ0) is 21.8. The molecule has 0 aromatic carbocycles. The van der Waals surface area contributed by atoms with E-state index in [9.17, 15) is 24.6 Å². The van der Waals surface area contributed by atoms with Crippen LogP contribution in [0.15, 0.2) is 24.3 Å². The van der Waals surface area contributed by atoms with Crippen molar-refractivity contribution in [3.05, 3.63) is 24.3 Å². The van der Waals surface area contributed by atoms with Gasteiger partial charge in [0.15, 0.2) is 0 Å². The fraction of sp³-hybridized carbons (Fsp3) is 0.609. The molecule has 1 unspecified atom stereocenters. The van der Waals surface area contributed by atoms with Gasteiger partial charge < -0.3 is 10.2 Å². The topological polar surface area (TPSA) is 104 Å². The number of aliphatic hydroxyl groups is 2. The van der Waals surface area contributed by atoms with E-state index < -0.39 is 12.2 Å². The molecule has 1 fully saturated rings. The summed E-state index contributed by atoms with van der Waals surface area (Å²) in [6, 6.07) is 0. The predicted molar refractivity (Wildman–Crippen MR) is 111 cm³/mol. The largest absolute Gasteiger partial charge is 0.392 e. The SMILES string of the molecule is CC#CCC(C)[C@H](O)/C=C/[C@H]1[C@H](O)CC(=O)[C@@H]1C/C=C\CCCC(=O)NC(C)=O. The molecule has 0 spiro atoms. The molecule has 0 aromatic heterocycles. The average Bonchev–Trinajstić information content (AvgIpc) is 2.92. The number of carbonyl (C=O) groups excluding carboxylic acids is 3. The Labute approximate surface area is 173 Å². The lowest BCUT2D eigenvalue weighted by Crippen LogP contribution is -2.27. The molecule has 1 aliphatic rings. The van der Waals surface area contributed by atoms with E-state index in [1.54, 1.807) is 19.1 Å². The summed E-state index contributed by atoms with van der Waals surface area (Å²) < 4.78 is 0. The summed E-state index contributed by atoms with van der Waals surface area (Å²) in [7, 11) is 0. The number of allylic oxidation sites excluding steroid dienone is 2. The maximum absolute atomic E-state index is 12.2. The molecule has 6 heteroatoms. The van der Waals surface area contributed by atoms with Crippen molar-refractivity contribution in [2.45, 2.75) is 71.5 Å². The van der Waals surface area contributed by atoms with Crippen molar-refractivity contribution in [2.24, 2.45) is 17.8 Å². The second-order valence-electron chi connectivity index (χ2n) is 7.61. The Morgan fingerprint density at radius 1 is 1.34 bits per heavy atom. The van der Waals surface area contributed by atoms with E-state index in [1.807, 2.05) is 19.1 Å². The van der Waals surface area contributed by atoms with Gasteiger partial charge in [0.05, 0.1) is 12.2 Å². The number of nitrogens with one attached hydrogen (secondary N) is 1. The van der Waals surface area contributed by atoms with Crippen molar-refractivity contribution in [1.29, 1.82) is 0 Å². The summed E-state index contributed by atoms with van der Waals surface area (Å²) in [5, 5.41) is 22.7. The Hall–Kier alpha value is -2.23. The second kappa shape index (κ2) is 13.1. The lowest BCUT2D eigenvalue weighted by molar-refractivity contribution is -0.129. The summed E-state index contributed by atoms with van der Waals surface area (Å²) in [5.74, 6) is 4.48. The number of imide groups is 1. The Balaban J connectivity index is 2.52. The van der Waals surface area contributed by atoms with Gasteiger partial charge in [-0.3, -0.25) is 19.7 Å². The minimum atomic E-state index is -0.731. The quantitative estimate of drug-likeness (QED) is 0.295. The molecule has 6 nitrogen and oxygen atoms in total. The number of ketones is 1. The highest BCUT2D eigenvalue weighted by Crippen LogP contribution is 2.33. The van der Waals surface area contributed by atoms with Crippen LogP contribution in [0.5, 0.6) is 0 Å². The summed E-state index contributed by atoms with van der Waals surface area (Å²) in [5.41, 5.74) is 0. The van der Waals surface area contributed by atoms with E-state index in [1.165, 1.54) is 6.92 Å². The van der Waals surface area contributed by atoms with E-state index in [2.05, 4.69) is 17.2 Å². The van der Waals surface area contributed by atoms with Crippen LogP contribution < -0.4 is 5.32 Å². The van der Waals surface area contributed by atoms with Gasteiger partial charge in [-0.05, 0) is 32.1 Å². The number of aliphatic hydroxyl groups excluding tert-OH is 2. The Morgan fingerprint density at radius 2 is 2.07 bits per heavy atom. The molecule has 0 aliphatic heterocycles. The average molecular weight is 404 g/mol. The number of hydrogen-bond acceptors (Lipinski definition) is 5. The maximum Gasteiger partial charge on any atom is 0.226 e. The van der Waals surface area contributed by atoms with E-state index in [0.717, 1.165) is 0 Å². The van der Waals surface area contributed by atoms with Gasteiger partial charge in [-0.1, -0.05) is 31.2 Å². The van der Waals surface area contributed by atoms with Crippen LogP contribution in [-0.4, -0.2) is 40.0 Å². The third-order valence-corrected chi connectivity index (χ3v) is 5.09. The monoisotopic (exact) mass is 403 g/mol. The minimum Gasteiger partial charge on any atom is -0.392 e. The molecule has 0 bridgehead atoms. The molecule has 1 rings (SSSR count). The molecule has 0 aromatic rings. The lowest BCUT2D eigenvalue weighted by Gasteiger charge is -2.18. The number of unbranched alkanes of at least 4 members (excludes halogenated alkanes) is 1. The molecule has 3 N–H and O–H groups in total. The highest BCUT2D eigenvalue weighted by atomic mass is 16.3. The number of amides is 2. The smallest absolute Gasteiger partial charge is 0.226 e. The molecule has 0 radical (unpaired) electrons. The molecule has 29 heavy (non-hydrogen) atoms. The van der Waals surface area contributed by atoms with Crippen molar-refractivity contribution in [3.63, 3.8) is 0 Å². The van der Waals surface area contributed by atoms with Gasteiger partial charge in [-0.2, -0.15) is 0 Å². The third kappa shape index (κ3) is 9.21. The maximum atomic E-state index is 12.2. The van der Waals surface area contributed by atoms with Gasteiger partial charge in [-0.15, -0.1) is 11.8 Å². The fourth-order valence-corrected chi connectivity index (χ4v) is 3.34. The van der Waals surface area contributed by atoms with E-state index in [4.69, 9.17) is 0 Å². The van der Waals surface area contributed by atoms with Crippen LogP contribution in [0.1, 0.15) is 59.3 Å². The normalized spacial score (nSPS) is 23.8. The minimum absolute atomic E-state index is 0.0218. The second-order valence-corrected chi connectivity index (χ2v) is 7.61. The van der Waals surface area contributed by atoms with E-state index in [0.29, 0.717) is 25.7 Å². The summed E-state index contributed by atoms with van der Waals surface area (Å²) in [4.78, 5) is 34.4. The van der Waals surface area contributed by atoms with Crippen molar-refractivity contribution in [3.8, 4) is 11.8 Å². The van der Waals surface area contributed by atoms with Gasteiger partial charge in [0.25, 0.3) is 0 Å². The van der Waals surface area contributed by atoms with Crippen molar-refractivity contribution in [1.82, 2.24) is 5.32 Å². The van der Waals surface area contributed by atoms with Gasteiger partial charge in [0, 0.05) is 38.0 Å². The third-order valence-electron chi connectivity index (χ3n) is 5.09. The van der Waals surface area contributed by atoms with Gasteiger partial charge in [-0.25, -0.2) is 0 Å².